The lowest BCUT2D eigenvalue weighted by atomic mass is 9.85. The van der Waals surface area contributed by atoms with Gasteiger partial charge in [-0.15, -0.1) is 10.1 Å². The molecule has 0 aromatic heterocycles. The van der Waals surface area contributed by atoms with Gasteiger partial charge in [0, 0.05) is 79.1 Å². The van der Waals surface area contributed by atoms with E-state index < -0.39 is 5.09 Å². The number of rotatable bonds is 8. The molecule has 0 aliphatic rings. The van der Waals surface area contributed by atoms with E-state index in [-0.39, 0.29) is 0 Å². The van der Waals surface area contributed by atoms with Gasteiger partial charge >= 0.3 is 0 Å². The monoisotopic (exact) mass is 567 g/mol. The molecule has 0 heterocycles. The van der Waals surface area contributed by atoms with E-state index in [1.54, 1.807) is 0 Å². The summed E-state index contributed by atoms with van der Waals surface area (Å²) in [5.41, 5.74) is 11.9. The van der Waals surface area contributed by atoms with Crippen LogP contribution in [0.2, 0.25) is 0 Å². The highest BCUT2D eigenvalue weighted by molar-refractivity contribution is 6.05. The molecule has 0 aliphatic carbocycles. The van der Waals surface area contributed by atoms with Gasteiger partial charge in [-0.3, -0.25) is 0 Å². The summed E-state index contributed by atoms with van der Waals surface area (Å²) >= 11 is 0. The zero-order valence-electron chi connectivity index (χ0n) is 25.7. The highest BCUT2D eigenvalue weighted by Crippen LogP contribution is 2.38. The van der Waals surface area contributed by atoms with Crippen molar-refractivity contribution in [1.82, 2.24) is 0 Å². The molecule has 0 atom stereocenters. The first-order valence-electron chi connectivity index (χ1n) is 13.6. The number of nitrogens with zero attached hydrogens (tertiary/aromatic N) is 5. The number of benzene rings is 4. The van der Waals surface area contributed by atoms with E-state index in [1.165, 1.54) is 56.1 Å². The van der Waals surface area contributed by atoms with Gasteiger partial charge in [0.15, 0.2) is 0 Å². The predicted molar refractivity (Wildman–Crippen MR) is 177 cm³/mol. The van der Waals surface area contributed by atoms with Crippen LogP contribution in [0.4, 0.5) is 22.7 Å². The fourth-order valence-corrected chi connectivity index (χ4v) is 4.62. The zero-order valence-corrected chi connectivity index (χ0v) is 25.7. The van der Waals surface area contributed by atoms with E-state index in [1.807, 2.05) is 0 Å². The van der Waals surface area contributed by atoms with Gasteiger partial charge in [0.2, 0.25) is 0 Å². The fraction of sp³-hybridized carbons (Fsp3) is 0.235. The smallest absolute Gasteiger partial charge is 0.291 e. The predicted octanol–water partition coefficient (Wildman–Crippen LogP) is 6.61. The van der Waals surface area contributed by atoms with Crippen LogP contribution in [0.1, 0.15) is 22.3 Å². The lowest BCUT2D eigenvalue weighted by molar-refractivity contribution is -0.742. The molecule has 0 unspecified atom stereocenters. The van der Waals surface area contributed by atoms with E-state index in [2.05, 4.69) is 173 Å². The van der Waals surface area contributed by atoms with Gasteiger partial charge in [-0.2, -0.15) is 0 Å². The summed E-state index contributed by atoms with van der Waals surface area (Å²) < 4.78 is 0. The van der Waals surface area contributed by atoms with Crippen LogP contribution in [0.3, 0.4) is 0 Å². The van der Waals surface area contributed by atoms with Gasteiger partial charge < -0.3 is 24.8 Å². The van der Waals surface area contributed by atoms with Crippen LogP contribution in [0.5, 0.6) is 0 Å². The van der Waals surface area contributed by atoms with Gasteiger partial charge in [0.1, 0.15) is 0 Å². The maximum atomic E-state index is 8.36. The van der Waals surface area contributed by atoms with Crippen LogP contribution in [-0.4, -0.2) is 66.7 Å². The molecule has 0 saturated heterocycles. The van der Waals surface area contributed by atoms with E-state index in [4.69, 9.17) is 15.3 Å². The van der Waals surface area contributed by atoms with Gasteiger partial charge in [0.25, 0.3) is 5.09 Å². The number of hydrogen-bond donors (Lipinski definition) is 1. The summed E-state index contributed by atoms with van der Waals surface area (Å²) in [7, 11) is 16.6. The first-order valence-corrected chi connectivity index (χ1v) is 13.6. The summed E-state index contributed by atoms with van der Waals surface area (Å²) in [6.07, 6.45) is 0. The average molecular weight is 568 g/mol. The average Bonchev–Trinajstić information content (AvgIpc) is 2.96. The van der Waals surface area contributed by atoms with Gasteiger partial charge in [-0.05, 0) is 81.9 Å². The van der Waals surface area contributed by atoms with E-state index in [9.17, 15) is 0 Å². The Labute approximate surface area is 249 Å². The van der Waals surface area contributed by atoms with Crippen LogP contribution in [0, 0.1) is 10.1 Å². The van der Waals surface area contributed by atoms with Crippen LogP contribution in [-0.2, 0) is 0 Å². The summed E-state index contributed by atoms with van der Waals surface area (Å²) in [6, 6.07) is 35.5. The molecule has 220 valence electrons. The second-order valence-corrected chi connectivity index (χ2v) is 10.8. The highest BCUT2D eigenvalue weighted by atomic mass is 16.9. The minimum atomic E-state index is -1.50. The molecule has 0 spiro atoms. The third-order valence-corrected chi connectivity index (χ3v) is 6.94. The van der Waals surface area contributed by atoms with E-state index >= 15 is 0 Å². The van der Waals surface area contributed by atoms with Gasteiger partial charge in [-0.1, -0.05) is 48.5 Å². The lowest BCUT2D eigenvalue weighted by Crippen LogP contribution is -2.09. The van der Waals surface area contributed by atoms with E-state index in [0.717, 1.165) is 0 Å². The molecular weight excluding hydrogens is 526 g/mol. The molecule has 0 fully saturated rings. The Bertz CT molecular complexity index is 1250. The minimum absolute atomic E-state index is 1.18. The molecule has 0 saturated carbocycles. The van der Waals surface area contributed by atoms with Crippen LogP contribution in [0.15, 0.2) is 97.1 Å². The van der Waals surface area contributed by atoms with Crippen molar-refractivity contribution in [2.45, 2.75) is 0 Å². The molecule has 0 radical (unpaired) electrons. The topological polar surface area (TPSA) is 76.3 Å². The largest absolute Gasteiger partial charge is 0.378 e. The maximum Gasteiger partial charge on any atom is 0.291 e. The summed E-state index contributed by atoms with van der Waals surface area (Å²) in [4.78, 5) is 16.9. The molecule has 0 bridgehead atoms. The third kappa shape index (κ3) is 8.04. The van der Waals surface area contributed by atoms with Crippen LogP contribution in [0.25, 0.3) is 11.1 Å². The molecule has 4 aromatic carbocycles. The molecule has 8 heteroatoms. The van der Waals surface area contributed by atoms with Crippen molar-refractivity contribution in [3.8, 4) is 0 Å². The second kappa shape index (κ2) is 14.1. The second-order valence-electron chi connectivity index (χ2n) is 10.8. The van der Waals surface area contributed by atoms with Crippen molar-refractivity contribution in [3.05, 3.63) is 129 Å². The molecular formula is C34H41N5O3. The minimum Gasteiger partial charge on any atom is -0.378 e. The Morgan fingerprint density at radius 1 is 0.452 bits per heavy atom. The van der Waals surface area contributed by atoms with Crippen molar-refractivity contribution in [1.29, 1.82) is 0 Å². The fourth-order valence-electron chi connectivity index (χ4n) is 4.62. The molecule has 42 heavy (non-hydrogen) atoms. The zero-order chi connectivity index (χ0) is 31.0. The maximum absolute atomic E-state index is 8.36. The molecule has 1 N–H and O–H groups in total. The van der Waals surface area contributed by atoms with Crippen molar-refractivity contribution < 1.29 is 10.3 Å². The molecule has 4 rings (SSSR count). The molecule has 8 nitrogen and oxygen atoms in total. The summed E-state index contributed by atoms with van der Waals surface area (Å²) in [5.74, 6) is 0. The Balaban J connectivity index is 0.00000114. The highest BCUT2D eigenvalue weighted by Gasteiger charge is 2.17. The normalized spacial score (nSPS) is 10.2. The van der Waals surface area contributed by atoms with Crippen molar-refractivity contribution >= 4 is 33.9 Å². The van der Waals surface area contributed by atoms with Gasteiger partial charge in [0.05, 0.1) is 0 Å². The Morgan fingerprint density at radius 3 is 0.714 bits per heavy atom. The van der Waals surface area contributed by atoms with Crippen molar-refractivity contribution in [2.24, 2.45) is 0 Å². The number of anilines is 4. The molecule has 0 aliphatic heterocycles. The SMILES string of the molecule is CN(C)c1ccc(C(=C(c2ccc(N(C)C)cc2)c2ccc(N(C)C)cc2)c2ccc(N(C)C)cc2)cc1.O=[N+]([O-])O. The van der Waals surface area contributed by atoms with Crippen molar-refractivity contribution in [3.63, 3.8) is 0 Å². The number of hydrogen-bond acceptors (Lipinski definition) is 6. The summed E-state index contributed by atoms with van der Waals surface area (Å²) in [6.45, 7) is 0. The third-order valence-electron chi connectivity index (χ3n) is 6.94. The van der Waals surface area contributed by atoms with E-state index in [0.29, 0.717) is 0 Å². The first kappa shape index (κ1) is 31.5. The first-order chi connectivity index (χ1) is 19.9. The quantitative estimate of drug-likeness (QED) is 0.146. The van der Waals surface area contributed by atoms with Crippen LogP contribution >= 0.6 is 0 Å². The van der Waals surface area contributed by atoms with Crippen molar-refractivity contribution in [2.75, 3.05) is 76.0 Å². The van der Waals surface area contributed by atoms with Crippen LogP contribution < -0.4 is 19.6 Å². The summed E-state index contributed by atoms with van der Waals surface area (Å²) in [5, 5.41) is 13.6. The molecule has 4 aromatic rings. The Hall–Kier alpha value is -4.98. The standard InChI is InChI=1S/C34H40N4.HNO3/c1-35(2)29-17-9-25(10-18-29)33(26-11-19-30(20-12-26)36(3)4)34(27-13-21-31(22-14-27)37(5)6)28-15-23-32(24-16-28)38(7)8;2-1(3)4/h9-24H,1-8H3;(H,2,3,4). The Morgan fingerprint density at radius 2 is 0.595 bits per heavy atom. The Kier molecular flexibility index (Phi) is 10.6. The van der Waals surface area contributed by atoms with Gasteiger partial charge in [-0.25, -0.2) is 0 Å². The molecule has 0 amide bonds. The lowest BCUT2D eigenvalue weighted by Gasteiger charge is -2.21.